The van der Waals surface area contributed by atoms with Gasteiger partial charge >= 0.3 is 0 Å². The zero-order valence-corrected chi connectivity index (χ0v) is 7.53. The molecule has 0 aromatic carbocycles. The maximum atomic E-state index is 12.6. The SMILES string of the molecule is C[C](C)CC1(CO)CC(F)(F)C1. The lowest BCUT2D eigenvalue weighted by atomic mass is 9.63. The highest BCUT2D eigenvalue weighted by Gasteiger charge is 2.55. The minimum absolute atomic E-state index is 0.117. The van der Waals surface area contributed by atoms with Crippen LogP contribution in [0.4, 0.5) is 8.78 Å². The van der Waals surface area contributed by atoms with E-state index in [-0.39, 0.29) is 19.4 Å². The molecule has 0 bridgehead atoms. The van der Waals surface area contributed by atoms with Gasteiger partial charge in [-0.3, -0.25) is 0 Å². The molecule has 1 rings (SSSR count). The Morgan fingerprint density at radius 1 is 1.33 bits per heavy atom. The third-order valence-corrected chi connectivity index (χ3v) is 2.33. The molecular weight excluding hydrogens is 162 g/mol. The Morgan fingerprint density at radius 3 is 2.08 bits per heavy atom. The maximum Gasteiger partial charge on any atom is 0.249 e. The van der Waals surface area contributed by atoms with Crippen LogP contribution in [0, 0.1) is 11.3 Å². The predicted molar refractivity (Wildman–Crippen MR) is 42.9 cm³/mol. The van der Waals surface area contributed by atoms with Gasteiger partial charge < -0.3 is 5.11 Å². The molecule has 71 valence electrons. The molecule has 1 N–H and O–H groups in total. The Kier molecular flexibility index (Phi) is 2.43. The average Bonchev–Trinajstić information content (AvgIpc) is 1.81. The fourth-order valence-electron chi connectivity index (χ4n) is 2.09. The standard InChI is InChI=1S/C9H15F2O/c1-7(2)3-8(6-12)4-9(10,11)5-8/h12H,3-6H2,1-2H3. The Balaban J connectivity index is 2.47. The van der Waals surface area contributed by atoms with Gasteiger partial charge in [0.05, 0.1) is 0 Å². The molecule has 0 spiro atoms. The molecule has 1 saturated carbocycles. The Bertz CT molecular complexity index is 152. The predicted octanol–water partition coefficient (Wildman–Crippen LogP) is 2.40. The van der Waals surface area contributed by atoms with Crippen LogP contribution < -0.4 is 0 Å². The van der Waals surface area contributed by atoms with Gasteiger partial charge in [-0.25, -0.2) is 8.78 Å². The van der Waals surface area contributed by atoms with E-state index in [0.29, 0.717) is 6.42 Å². The van der Waals surface area contributed by atoms with Gasteiger partial charge in [-0.2, -0.15) is 0 Å². The van der Waals surface area contributed by atoms with Crippen molar-refractivity contribution < 1.29 is 13.9 Å². The van der Waals surface area contributed by atoms with Gasteiger partial charge in [-0.1, -0.05) is 13.8 Å². The number of aliphatic hydroxyl groups excluding tert-OH is 1. The number of rotatable bonds is 3. The summed E-state index contributed by atoms with van der Waals surface area (Å²) < 4.78 is 25.1. The highest BCUT2D eigenvalue weighted by molar-refractivity contribution is 5.03. The van der Waals surface area contributed by atoms with Crippen molar-refractivity contribution in [2.75, 3.05) is 6.61 Å². The second-order valence-electron chi connectivity index (χ2n) is 4.25. The second kappa shape index (κ2) is 2.95. The number of alkyl halides is 2. The Hall–Kier alpha value is -0.180. The monoisotopic (exact) mass is 177 g/mol. The first-order chi connectivity index (χ1) is 5.39. The highest BCUT2D eigenvalue weighted by Crippen LogP contribution is 2.54. The number of aliphatic hydroxyl groups is 1. The summed E-state index contributed by atoms with van der Waals surface area (Å²) in [5.74, 6) is -1.42. The van der Waals surface area contributed by atoms with Crippen molar-refractivity contribution in [3.05, 3.63) is 5.92 Å². The normalized spacial score (nSPS) is 25.5. The van der Waals surface area contributed by atoms with Crippen LogP contribution in [0.15, 0.2) is 0 Å². The van der Waals surface area contributed by atoms with Crippen molar-refractivity contribution >= 4 is 0 Å². The molecule has 12 heavy (non-hydrogen) atoms. The smallest absolute Gasteiger partial charge is 0.249 e. The molecule has 0 aliphatic heterocycles. The Labute approximate surface area is 71.8 Å². The van der Waals surface area contributed by atoms with Crippen molar-refractivity contribution in [3.8, 4) is 0 Å². The van der Waals surface area contributed by atoms with Crippen LogP contribution >= 0.6 is 0 Å². The molecule has 0 heterocycles. The van der Waals surface area contributed by atoms with E-state index in [0.717, 1.165) is 5.92 Å². The van der Waals surface area contributed by atoms with Crippen molar-refractivity contribution in [2.45, 2.75) is 39.0 Å². The lowest BCUT2D eigenvalue weighted by Crippen LogP contribution is -2.48. The maximum absolute atomic E-state index is 12.6. The molecule has 1 fully saturated rings. The van der Waals surface area contributed by atoms with E-state index < -0.39 is 11.3 Å². The molecule has 0 saturated heterocycles. The van der Waals surface area contributed by atoms with Crippen LogP contribution in [0.3, 0.4) is 0 Å². The van der Waals surface area contributed by atoms with Crippen LogP contribution in [0.5, 0.6) is 0 Å². The minimum atomic E-state index is -2.53. The van der Waals surface area contributed by atoms with E-state index in [4.69, 9.17) is 5.11 Å². The largest absolute Gasteiger partial charge is 0.396 e. The van der Waals surface area contributed by atoms with Crippen molar-refractivity contribution in [2.24, 2.45) is 5.41 Å². The molecule has 1 aliphatic rings. The molecule has 0 atom stereocenters. The zero-order valence-electron chi connectivity index (χ0n) is 7.53. The second-order valence-corrected chi connectivity index (χ2v) is 4.25. The summed E-state index contributed by atoms with van der Waals surface area (Å²) >= 11 is 0. The summed E-state index contributed by atoms with van der Waals surface area (Å²) in [6.07, 6.45) is 0.322. The summed E-state index contributed by atoms with van der Waals surface area (Å²) in [5, 5.41) is 8.97. The fourth-order valence-corrected chi connectivity index (χ4v) is 2.09. The van der Waals surface area contributed by atoms with Crippen LogP contribution in [-0.2, 0) is 0 Å². The molecule has 0 aromatic heterocycles. The van der Waals surface area contributed by atoms with E-state index in [1.165, 1.54) is 0 Å². The van der Waals surface area contributed by atoms with Gasteiger partial charge in [-0.15, -0.1) is 0 Å². The molecule has 0 unspecified atom stereocenters. The molecule has 1 aliphatic carbocycles. The third-order valence-electron chi connectivity index (χ3n) is 2.33. The van der Waals surface area contributed by atoms with Crippen LogP contribution in [0.25, 0.3) is 0 Å². The van der Waals surface area contributed by atoms with E-state index in [1.807, 2.05) is 13.8 Å². The van der Waals surface area contributed by atoms with E-state index in [2.05, 4.69) is 0 Å². The fraction of sp³-hybridized carbons (Fsp3) is 0.889. The molecule has 1 nitrogen and oxygen atoms in total. The van der Waals surface area contributed by atoms with Crippen LogP contribution in [0.2, 0.25) is 0 Å². The van der Waals surface area contributed by atoms with Crippen molar-refractivity contribution in [3.63, 3.8) is 0 Å². The summed E-state index contributed by atoms with van der Waals surface area (Å²) in [7, 11) is 0. The van der Waals surface area contributed by atoms with E-state index in [1.54, 1.807) is 0 Å². The lowest BCUT2D eigenvalue weighted by molar-refractivity contribution is -0.176. The van der Waals surface area contributed by atoms with E-state index in [9.17, 15) is 8.78 Å². The molecule has 3 heteroatoms. The summed E-state index contributed by atoms with van der Waals surface area (Å²) in [6.45, 7) is 3.70. The summed E-state index contributed by atoms with van der Waals surface area (Å²) in [4.78, 5) is 0. The van der Waals surface area contributed by atoms with Gasteiger partial charge in [0.15, 0.2) is 0 Å². The quantitative estimate of drug-likeness (QED) is 0.701. The van der Waals surface area contributed by atoms with Gasteiger partial charge in [0.25, 0.3) is 0 Å². The summed E-state index contributed by atoms with van der Waals surface area (Å²) in [5.41, 5.74) is -0.512. The van der Waals surface area contributed by atoms with Gasteiger partial charge in [-0.05, 0) is 12.3 Å². The number of hydrogen-bond donors (Lipinski definition) is 1. The van der Waals surface area contributed by atoms with Gasteiger partial charge in [0.2, 0.25) is 5.92 Å². The van der Waals surface area contributed by atoms with Crippen molar-refractivity contribution in [1.82, 2.24) is 0 Å². The average molecular weight is 177 g/mol. The molecule has 0 amide bonds. The molecule has 0 aromatic rings. The minimum Gasteiger partial charge on any atom is -0.396 e. The number of halogens is 2. The lowest BCUT2D eigenvalue weighted by Gasteiger charge is -2.47. The first-order valence-electron chi connectivity index (χ1n) is 4.17. The van der Waals surface area contributed by atoms with Gasteiger partial charge in [0, 0.05) is 24.9 Å². The summed E-state index contributed by atoms with van der Waals surface area (Å²) in [6, 6.07) is 0. The van der Waals surface area contributed by atoms with Crippen LogP contribution in [0.1, 0.15) is 33.1 Å². The van der Waals surface area contributed by atoms with E-state index >= 15 is 0 Å². The third kappa shape index (κ3) is 1.94. The highest BCUT2D eigenvalue weighted by atomic mass is 19.3. The number of hydrogen-bond acceptors (Lipinski definition) is 1. The first kappa shape index (κ1) is 9.90. The van der Waals surface area contributed by atoms with Gasteiger partial charge in [0.1, 0.15) is 0 Å². The van der Waals surface area contributed by atoms with Crippen LogP contribution in [-0.4, -0.2) is 17.6 Å². The Morgan fingerprint density at radius 2 is 1.83 bits per heavy atom. The zero-order chi connectivity index (χ0) is 9.41. The first-order valence-corrected chi connectivity index (χ1v) is 4.17. The van der Waals surface area contributed by atoms with Crippen molar-refractivity contribution in [1.29, 1.82) is 0 Å². The molecule has 1 radical (unpaired) electrons. The topological polar surface area (TPSA) is 20.2 Å². The molecular formula is C9H15F2O.